The van der Waals surface area contributed by atoms with Crippen molar-refractivity contribution in [2.24, 2.45) is 0 Å². The van der Waals surface area contributed by atoms with Gasteiger partial charge in [-0.05, 0) is 30.3 Å². The lowest BCUT2D eigenvalue weighted by molar-refractivity contribution is 0.407. The Bertz CT molecular complexity index is 1050. The van der Waals surface area contributed by atoms with E-state index in [0.29, 0.717) is 10.9 Å². The molecule has 27 heavy (non-hydrogen) atoms. The molecular weight excluding hydrogens is 370 g/mol. The Labute approximate surface area is 157 Å². The van der Waals surface area contributed by atoms with Gasteiger partial charge in [0, 0.05) is 35.6 Å². The average molecular weight is 382 g/mol. The molecule has 4 rings (SSSR count). The molecule has 0 aliphatic heterocycles. The lowest BCUT2D eigenvalue weighted by atomic mass is 10.2. The maximum Gasteiger partial charge on any atom is 0.198 e. The number of pyridine rings is 2. The predicted molar refractivity (Wildman–Crippen MR) is 99.3 cm³/mol. The zero-order valence-electron chi connectivity index (χ0n) is 13.8. The third-order valence-electron chi connectivity index (χ3n) is 3.57. The zero-order valence-corrected chi connectivity index (χ0v) is 14.6. The van der Waals surface area contributed by atoms with Crippen LogP contribution in [0.4, 0.5) is 19.7 Å². The topological polar surface area (TPSA) is 59.9 Å². The first-order chi connectivity index (χ1) is 13.2. The number of nitrogens with zero attached hydrogens (tertiary/aromatic N) is 3. The largest absolute Gasteiger partial charge is 0.451 e. The van der Waals surface area contributed by atoms with Crippen LogP contribution in [0.1, 0.15) is 0 Å². The lowest BCUT2D eigenvalue weighted by Crippen LogP contribution is -1.96. The molecule has 3 aromatic heterocycles. The maximum absolute atomic E-state index is 13.7. The normalized spacial score (nSPS) is 10.6. The number of para-hydroxylation sites is 1. The van der Waals surface area contributed by atoms with Gasteiger partial charge in [-0.1, -0.05) is 6.07 Å². The molecule has 8 heteroatoms. The van der Waals surface area contributed by atoms with Crippen LogP contribution in [0.5, 0.6) is 11.5 Å². The van der Waals surface area contributed by atoms with Gasteiger partial charge in [0.2, 0.25) is 0 Å². The van der Waals surface area contributed by atoms with Crippen LogP contribution in [0.3, 0.4) is 0 Å². The molecular formula is C19H12F2N4OS. The van der Waals surface area contributed by atoms with E-state index in [-0.39, 0.29) is 5.75 Å². The summed E-state index contributed by atoms with van der Waals surface area (Å²) >= 11 is 1.40. The standard InChI is InChI=1S/C19H12F2N4OS/c20-14-4-1-5-15(21)18(14)26-13-6-8-23-17(9-13)25-19-24-16(11-27-19)12-3-2-7-22-10-12/h1-11H,(H,23,24,25). The fourth-order valence-corrected chi connectivity index (χ4v) is 3.06. The molecule has 134 valence electrons. The van der Waals surface area contributed by atoms with Crippen LogP contribution >= 0.6 is 11.3 Å². The number of thiazole rings is 1. The third kappa shape index (κ3) is 3.90. The van der Waals surface area contributed by atoms with Crippen molar-refractivity contribution in [1.29, 1.82) is 0 Å². The summed E-state index contributed by atoms with van der Waals surface area (Å²) in [6.45, 7) is 0. The minimum atomic E-state index is -0.776. The van der Waals surface area contributed by atoms with Crippen LogP contribution < -0.4 is 10.1 Å². The van der Waals surface area contributed by atoms with Crippen molar-refractivity contribution in [3.8, 4) is 22.8 Å². The molecule has 0 saturated heterocycles. The second-order valence-corrected chi connectivity index (χ2v) is 6.29. The Balaban J connectivity index is 1.53. The van der Waals surface area contributed by atoms with Gasteiger partial charge in [-0.3, -0.25) is 4.98 Å². The lowest BCUT2D eigenvalue weighted by Gasteiger charge is -2.09. The fourth-order valence-electron chi connectivity index (χ4n) is 2.33. The SMILES string of the molecule is Fc1cccc(F)c1Oc1ccnc(Nc2nc(-c3cccnc3)cs2)c1. The van der Waals surface area contributed by atoms with Crippen molar-refractivity contribution in [2.75, 3.05) is 5.32 Å². The van der Waals surface area contributed by atoms with Crippen LogP contribution in [-0.2, 0) is 0 Å². The van der Waals surface area contributed by atoms with Gasteiger partial charge in [0.15, 0.2) is 22.5 Å². The molecule has 0 unspecified atom stereocenters. The summed E-state index contributed by atoms with van der Waals surface area (Å²) < 4.78 is 32.8. The average Bonchev–Trinajstić information content (AvgIpc) is 3.14. The first-order valence-electron chi connectivity index (χ1n) is 7.90. The number of halogens is 2. The quantitative estimate of drug-likeness (QED) is 0.500. The molecule has 0 amide bonds. The molecule has 5 nitrogen and oxygen atoms in total. The number of anilines is 2. The molecule has 0 saturated carbocycles. The minimum absolute atomic E-state index is 0.250. The van der Waals surface area contributed by atoms with Crippen LogP contribution in [0, 0.1) is 11.6 Å². The molecule has 0 aliphatic rings. The second kappa shape index (κ2) is 7.46. The zero-order chi connectivity index (χ0) is 18.6. The van der Waals surface area contributed by atoms with Crippen LogP contribution in [0.15, 0.2) is 66.4 Å². The van der Waals surface area contributed by atoms with Gasteiger partial charge >= 0.3 is 0 Å². The van der Waals surface area contributed by atoms with Crippen molar-refractivity contribution < 1.29 is 13.5 Å². The minimum Gasteiger partial charge on any atom is -0.451 e. The summed E-state index contributed by atoms with van der Waals surface area (Å²) in [6, 6.07) is 10.4. The van der Waals surface area contributed by atoms with E-state index in [1.807, 2.05) is 17.5 Å². The number of hydrogen-bond acceptors (Lipinski definition) is 6. The Morgan fingerprint density at radius 2 is 1.85 bits per heavy atom. The Morgan fingerprint density at radius 3 is 2.63 bits per heavy atom. The highest BCUT2D eigenvalue weighted by Gasteiger charge is 2.12. The van der Waals surface area contributed by atoms with Crippen molar-refractivity contribution in [2.45, 2.75) is 0 Å². The van der Waals surface area contributed by atoms with Gasteiger partial charge in [0.1, 0.15) is 11.6 Å². The molecule has 0 spiro atoms. The van der Waals surface area contributed by atoms with Gasteiger partial charge in [0.05, 0.1) is 5.69 Å². The molecule has 0 aliphatic carbocycles. The van der Waals surface area contributed by atoms with Crippen molar-refractivity contribution in [3.63, 3.8) is 0 Å². The summed E-state index contributed by atoms with van der Waals surface area (Å²) in [5.41, 5.74) is 1.69. The molecule has 3 heterocycles. The van der Waals surface area contributed by atoms with E-state index in [9.17, 15) is 8.78 Å². The molecule has 0 fully saturated rings. The highest BCUT2D eigenvalue weighted by Crippen LogP contribution is 2.30. The number of aromatic nitrogens is 3. The van der Waals surface area contributed by atoms with Gasteiger partial charge in [-0.15, -0.1) is 11.3 Å². The highest BCUT2D eigenvalue weighted by atomic mass is 32.1. The number of rotatable bonds is 5. The van der Waals surface area contributed by atoms with E-state index in [2.05, 4.69) is 20.3 Å². The first-order valence-corrected chi connectivity index (χ1v) is 8.78. The Hall–Kier alpha value is -3.39. The van der Waals surface area contributed by atoms with Crippen molar-refractivity contribution in [1.82, 2.24) is 15.0 Å². The van der Waals surface area contributed by atoms with Crippen LogP contribution in [-0.4, -0.2) is 15.0 Å². The number of hydrogen-bond donors (Lipinski definition) is 1. The molecule has 1 N–H and O–H groups in total. The van der Waals surface area contributed by atoms with Crippen LogP contribution in [0.2, 0.25) is 0 Å². The summed E-state index contributed by atoms with van der Waals surface area (Å²) in [5.74, 6) is -1.32. The molecule has 0 atom stereocenters. The van der Waals surface area contributed by atoms with E-state index < -0.39 is 17.4 Å². The summed E-state index contributed by atoms with van der Waals surface area (Å²) in [6.07, 6.45) is 4.91. The van der Waals surface area contributed by atoms with Gasteiger partial charge in [0.25, 0.3) is 0 Å². The van der Waals surface area contributed by atoms with E-state index >= 15 is 0 Å². The van der Waals surface area contributed by atoms with E-state index in [1.165, 1.54) is 35.7 Å². The number of ether oxygens (including phenoxy) is 1. The molecule has 0 radical (unpaired) electrons. The number of benzene rings is 1. The monoisotopic (exact) mass is 382 g/mol. The summed E-state index contributed by atoms with van der Waals surface area (Å²) in [4.78, 5) is 12.7. The van der Waals surface area contributed by atoms with E-state index in [0.717, 1.165) is 23.4 Å². The van der Waals surface area contributed by atoms with Crippen LogP contribution in [0.25, 0.3) is 11.3 Å². The maximum atomic E-state index is 13.7. The van der Waals surface area contributed by atoms with Gasteiger partial charge in [-0.25, -0.2) is 18.7 Å². The predicted octanol–water partition coefficient (Wildman–Crippen LogP) is 5.41. The molecule has 4 aromatic rings. The highest BCUT2D eigenvalue weighted by molar-refractivity contribution is 7.14. The number of nitrogens with one attached hydrogen (secondary N) is 1. The Kier molecular flexibility index (Phi) is 4.71. The third-order valence-corrected chi connectivity index (χ3v) is 4.32. The molecule has 1 aromatic carbocycles. The van der Waals surface area contributed by atoms with Gasteiger partial charge in [-0.2, -0.15) is 0 Å². The fraction of sp³-hybridized carbons (Fsp3) is 0. The Morgan fingerprint density at radius 1 is 1.00 bits per heavy atom. The van der Waals surface area contributed by atoms with E-state index in [1.54, 1.807) is 12.4 Å². The molecule has 0 bridgehead atoms. The van der Waals surface area contributed by atoms with Crippen molar-refractivity contribution in [3.05, 3.63) is 78.1 Å². The second-order valence-electron chi connectivity index (χ2n) is 5.43. The van der Waals surface area contributed by atoms with Gasteiger partial charge < -0.3 is 10.1 Å². The van der Waals surface area contributed by atoms with E-state index in [4.69, 9.17) is 4.74 Å². The first kappa shape index (κ1) is 17.0. The van der Waals surface area contributed by atoms with Crippen molar-refractivity contribution >= 4 is 22.3 Å². The summed E-state index contributed by atoms with van der Waals surface area (Å²) in [7, 11) is 0. The smallest absolute Gasteiger partial charge is 0.198 e. The summed E-state index contributed by atoms with van der Waals surface area (Å²) in [5, 5.41) is 5.58.